The van der Waals surface area contributed by atoms with Crippen molar-refractivity contribution in [2.75, 3.05) is 0 Å². The lowest BCUT2D eigenvalue weighted by Crippen LogP contribution is -2.18. The van der Waals surface area contributed by atoms with Crippen molar-refractivity contribution >= 4 is 0 Å². The van der Waals surface area contributed by atoms with Crippen molar-refractivity contribution in [3.63, 3.8) is 0 Å². The minimum Gasteiger partial charge on any atom is -0.306 e. The Balaban J connectivity index is 2.04. The molecule has 0 bridgehead atoms. The summed E-state index contributed by atoms with van der Waals surface area (Å²) in [4.78, 5) is 0. The maximum Gasteiger partial charge on any atom is 0.0666 e. The maximum atomic E-state index is 4.46. The predicted octanol–water partition coefficient (Wildman–Crippen LogP) is 1.88. The molecule has 0 aliphatic rings. The summed E-state index contributed by atoms with van der Waals surface area (Å²) in [5, 5.41) is 12.4. The van der Waals surface area contributed by atoms with Gasteiger partial charge in [0.05, 0.1) is 11.4 Å². The lowest BCUT2D eigenvalue weighted by atomic mass is 10.1. The van der Waals surface area contributed by atoms with E-state index in [0.717, 1.165) is 18.7 Å². The van der Waals surface area contributed by atoms with Crippen molar-refractivity contribution in [2.45, 2.75) is 39.8 Å². The average Bonchev–Trinajstić information content (AvgIpc) is 2.88. The van der Waals surface area contributed by atoms with Crippen LogP contribution >= 0.6 is 0 Å². The first kappa shape index (κ1) is 13.8. The third kappa shape index (κ3) is 3.04. The first-order valence-electron chi connectivity index (χ1n) is 6.76. The fourth-order valence-corrected chi connectivity index (χ4v) is 2.45. The lowest BCUT2D eigenvalue weighted by molar-refractivity contribution is 0.569. The van der Waals surface area contributed by atoms with Crippen molar-refractivity contribution in [2.24, 2.45) is 14.1 Å². The first-order chi connectivity index (χ1) is 9.01. The second-order valence-electron chi connectivity index (χ2n) is 5.07. The highest BCUT2D eigenvalue weighted by Gasteiger charge is 2.12. The molecule has 2 rings (SSSR count). The van der Waals surface area contributed by atoms with E-state index >= 15 is 0 Å². The summed E-state index contributed by atoms with van der Waals surface area (Å²) in [6.45, 7) is 7.20. The summed E-state index contributed by atoms with van der Waals surface area (Å²) in [6, 6.07) is 0.290. The van der Waals surface area contributed by atoms with Crippen molar-refractivity contribution < 1.29 is 0 Å². The van der Waals surface area contributed by atoms with Gasteiger partial charge >= 0.3 is 0 Å². The predicted molar refractivity (Wildman–Crippen MR) is 75.8 cm³/mol. The van der Waals surface area contributed by atoms with Gasteiger partial charge in [-0.1, -0.05) is 6.92 Å². The van der Waals surface area contributed by atoms with Crippen LogP contribution in [0.5, 0.6) is 0 Å². The Labute approximate surface area is 114 Å². The third-order valence-electron chi connectivity index (χ3n) is 3.44. The van der Waals surface area contributed by atoms with Gasteiger partial charge in [-0.25, -0.2) is 0 Å². The molecule has 0 saturated carbocycles. The summed E-state index contributed by atoms with van der Waals surface area (Å²) >= 11 is 0. The van der Waals surface area contributed by atoms with Crippen molar-refractivity contribution in [3.8, 4) is 0 Å². The normalized spacial score (nSPS) is 12.9. The number of nitrogens with zero attached hydrogens (tertiary/aromatic N) is 4. The molecule has 104 valence electrons. The van der Waals surface area contributed by atoms with Gasteiger partial charge in [0.1, 0.15) is 0 Å². The number of hydrogen-bond acceptors (Lipinski definition) is 3. The molecule has 0 aliphatic carbocycles. The highest BCUT2D eigenvalue weighted by molar-refractivity contribution is 5.21. The SMILES string of the molecule is CCc1nn(C)cc1CNC(C)c1cn(C)nc1C. The van der Waals surface area contributed by atoms with Gasteiger partial charge in [0.2, 0.25) is 0 Å². The van der Waals surface area contributed by atoms with Crippen molar-refractivity contribution in [3.05, 3.63) is 34.9 Å². The molecule has 0 spiro atoms. The van der Waals surface area contributed by atoms with Crippen LogP contribution in [0.15, 0.2) is 12.4 Å². The Morgan fingerprint density at radius 2 is 1.89 bits per heavy atom. The first-order valence-corrected chi connectivity index (χ1v) is 6.76. The molecule has 1 N–H and O–H groups in total. The van der Waals surface area contributed by atoms with Crippen LogP contribution in [0, 0.1) is 6.92 Å². The summed E-state index contributed by atoms with van der Waals surface area (Å²) in [5.41, 5.74) is 4.79. The van der Waals surface area contributed by atoms with E-state index in [4.69, 9.17) is 0 Å². The molecule has 1 atom stereocenters. The zero-order valence-corrected chi connectivity index (χ0v) is 12.4. The highest BCUT2D eigenvalue weighted by atomic mass is 15.3. The topological polar surface area (TPSA) is 47.7 Å². The van der Waals surface area contributed by atoms with Crippen LogP contribution < -0.4 is 5.32 Å². The van der Waals surface area contributed by atoms with Crippen molar-refractivity contribution in [1.29, 1.82) is 0 Å². The van der Waals surface area contributed by atoms with Crippen LogP contribution in [0.25, 0.3) is 0 Å². The van der Waals surface area contributed by atoms with E-state index in [-0.39, 0.29) is 0 Å². The summed E-state index contributed by atoms with van der Waals surface area (Å²) in [6.07, 6.45) is 5.14. The molecule has 1 unspecified atom stereocenters. The van der Waals surface area contributed by atoms with E-state index in [0.29, 0.717) is 6.04 Å². The minimum atomic E-state index is 0.290. The number of rotatable bonds is 5. The van der Waals surface area contributed by atoms with Crippen LogP contribution in [0.2, 0.25) is 0 Å². The Bertz CT molecular complexity index is 552. The number of aryl methyl sites for hydroxylation is 4. The van der Waals surface area contributed by atoms with E-state index in [2.05, 4.69) is 48.7 Å². The van der Waals surface area contributed by atoms with Gasteiger partial charge in [-0.2, -0.15) is 10.2 Å². The Morgan fingerprint density at radius 1 is 1.21 bits per heavy atom. The molecule has 5 heteroatoms. The van der Waals surface area contributed by atoms with E-state index in [1.165, 1.54) is 16.8 Å². The van der Waals surface area contributed by atoms with Gasteiger partial charge in [0, 0.05) is 50.2 Å². The molecule has 0 amide bonds. The molecule has 2 aromatic heterocycles. The zero-order chi connectivity index (χ0) is 14.0. The van der Waals surface area contributed by atoms with Gasteiger partial charge in [-0.15, -0.1) is 0 Å². The van der Waals surface area contributed by atoms with Gasteiger partial charge in [-0.05, 0) is 20.3 Å². The second-order valence-corrected chi connectivity index (χ2v) is 5.07. The molecular weight excluding hydrogens is 238 g/mol. The quantitative estimate of drug-likeness (QED) is 0.894. The molecule has 19 heavy (non-hydrogen) atoms. The maximum absolute atomic E-state index is 4.46. The monoisotopic (exact) mass is 261 g/mol. The van der Waals surface area contributed by atoms with Gasteiger partial charge < -0.3 is 5.32 Å². The van der Waals surface area contributed by atoms with Crippen LogP contribution in [0.1, 0.15) is 42.4 Å². The van der Waals surface area contributed by atoms with Crippen LogP contribution in [-0.2, 0) is 27.1 Å². The van der Waals surface area contributed by atoms with E-state index in [9.17, 15) is 0 Å². The van der Waals surface area contributed by atoms with E-state index < -0.39 is 0 Å². The van der Waals surface area contributed by atoms with Gasteiger partial charge in [-0.3, -0.25) is 9.36 Å². The molecule has 0 saturated heterocycles. The van der Waals surface area contributed by atoms with Crippen LogP contribution in [0.4, 0.5) is 0 Å². The van der Waals surface area contributed by atoms with Gasteiger partial charge in [0.25, 0.3) is 0 Å². The Kier molecular flexibility index (Phi) is 4.04. The zero-order valence-electron chi connectivity index (χ0n) is 12.4. The molecule has 0 radical (unpaired) electrons. The number of nitrogens with one attached hydrogen (secondary N) is 1. The molecule has 0 aromatic carbocycles. The van der Waals surface area contributed by atoms with Gasteiger partial charge in [0.15, 0.2) is 0 Å². The second kappa shape index (κ2) is 5.57. The van der Waals surface area contributed by atoms with E-state index in [1.807, 2.05) is 23.5 Å². The minimum absolute atomic E-state index is 0.290. The Morgan fingerprint density at radius 3 is 2.47 bits per heavy atom. The Hall–Kier alpha value is -1.62. The molecule has 5 nitrogen and oxygen atoms in total. The van der Waals surface area contributed by atoms with Crippen LogP contribution in [0.3, 0.4) is 0 Å². The molecule has 2 heterocycles. The smallest absolute Gasteiger partial charge is 0.0666 e. The molecule has 0 fully saturated rings. The fraction of sp³-hybridized carbons (Fsp3) is 0.571. The summed E-state index contributed by atoms with van der Waals surface area (Å²) in [5.74, 6) is 0. The molecule has 2 aromatic rings. The molecular formula is C14H23N5. The van der Waals surface area contributed by atoms with E-state index in [1.54, 1.807) is 0 Å². The fourth-order valence-electron chi connectivity index (χ4n) is 2.45. The summed E-state index contributed by atoms with van der Waals surface area (Å²) in [7, 11) is 3.93. The molecule has 0 aliphatic heterocycles. The average molecular weight is 261 g/mol. The summed E-state index contributed by atoms with van der Waals surface area (Å²) < 4.78 is 3.75. The number of hydrogen-bond donors (Lipinski definition) is 1. The van der Waals surface area contributed by atoms with Crippen molar-refractivity contribution in [1.82, 2.24) is 24.9 Å². The van der Waals surface area contributed by atoms with Crippen LogP contribution in [-0.4, -0.2) is 19.6 Å². The number of aromatic nitrogens is 4. The standard InChI is InChI=1S/C14H23N5/c1-6-14-12(8-18(4)17-14)7-15-10(2)13-9-19(5)16-11(13)3/h8-10,15H,6-7H2,1-5H3. The largest absolute Gasteiger partial charge is 0.306 e. The highest BCUT2D eigenvalue weighted by Crippen LogP contribution is 2.17. The third-order valence-corrected chi connectivity index (χ3v) is 3.44. The lowest BCUT2D eigenvalue weighted by Gasteiger charge is -2.12.